The third kappa shape index (κ3) is 7.51. The molecule has 0 bridgehead atoms. The maximum absolute atomic E-state index is 12.4. The fourth-order valence-electron chi connectivity index (χ4n) is 2.29. The zero-order chi connectivity index (χ0) is 15.4. The van der Waals surface area contributed by atoms with Gasteiger partial charge >= 0.3 is 0 Å². The summed E-state index contributed by atoms with van der Waals surface area (Å²) in [4.78, 5) is 25.2. The van der Waals surface area contributed by atoms with E-state index in [9.17, 15) is 14.7 Å². The molecule has 0 aromatic carbocycles. The van der Waals surface area contributed by atoms with E-state index >= 15 is 0 Å². The number of carbonyl (C=O) groups excluding carboxylic acids is 2. The van der Waals surface area contributed by atoms with Crippen molar-refractivity contribution in [3.63, 3.8) is 0 Å². The van der Waals surface area contributed by atoms with Crippen LogP contribution in [0.25, 0.3) is 0 Å². The van der Waals surface area contributed by atoms with Gasteiger partial charge in [-0.1, -0.05) is 52.9 Å². The van der Waals surface area contributed by atoms with Crippen LogP contribution in [-0.4, -0.2) is 29.9 Å². The number of carboxylic acids is 1. The van der Waals surface area contributed by atoms with Gasteiger partial charge in [-0.25, -0.2) is 0 Å². The van der Waals surface area contributed by atoms with Crippen LogP contribution < -0.4 is 5.11 Å². The topological polar surface area (TPSA) is 60.4 Å². The van der Waals surface area contributed by atoms with Gasteiger partial charge in [0.15, 0.2) is 0 Å². The second kappa shape index (κ2) is 11.7. The van der Waals surface area contributed by atoms with Crippen molar-refractivity contribution in [2.45, 2.75) is 72.1 Å². The Morgan fingerprint density at radius 1 is 0.900 bits per heavy atom. The summed E-state index contributed by atoms with van der Waals surface area (Å²) in [7, 11) is 0. The smallest absolute Gasteiger partial charge is 0.231 e. The summed E-state index contributed by atoms with van der Waals surface area (Å²) < 4.78 is 0. The number of aliphatic carboxylic acids is 1. The Labute approximate surface area is 123 Å². The molecule has 0 saturated carbocycles. The van der Waals surface area contributed by atoms with Crippen molar-refractivity contribution in [3.8, 4) is 0 Å². The van der Waals surface area contributed by atoms with Crippen molar-refractivity contribution in [1.82, 2.24) is 4.90 Å². The van der Waals surface area contributed by atoms with Crippen molar-refractivity contribution >= 4 is 11.9 Å². The largest absolute Gasteiger partial charge is 0.549 e. The molecule has 0 rings (SSSR count). The molecule has 0 aliphatic carbocycles. The normalized spacial score (nSPS) is 12.2. The summed E-state index contributed by atoms with van der Waals surface area (Å²) in [6.07, 6.45) is 7.27. The maximum Gasteiger partial charge on any atom is 0.231 e. The number of rotatable bonds is 12. The molecule has 1 atom stereocenters. The van der Waals surface area contributed by atoms with E-state index in [0.717, 1.165) is 38.5 Å². The molecule has 0 spiro atoms. The maximum atomic E-state index is 12.4. The highest BCUT2D eigenvalue weighted by molar-refractivity contribution is 5.96. The Kier molecular flexibility index (Phi) is 11.1. The fraction of sp³-hybridized carbons (Fsp3) is 0.875. The lowest BCUT2D eigenvalue weighted by Crippen LogP contribution is -2.45. The van der Waals surface area contributed by atoms with Crippen molar-refractivity contribution in [2.75, 3.05) is 13.1 Å². The molecule has 4 nitrogen and oxygen atoms in total. The van der Waals surface area contributed by atoms with E-state index in [1.54, 1.807) is 4.90 Å². The predicted molar refractivity (Wildman–Crippen MR) is 79.0 cm³/mol. The minimum Gasteiger partial charge on any atom is -0.549 e. The van der Waals surface area contributed by atoms with Gasteiger partial charge in [-0.2, -0.15) is 0 Å². The van der Waals surface area contributed by atoms with E-state index in [1.807, 2.05) is 6.92 Å². The number of nitrogens with zero attached hydrogens (tertiary/aromatic N) is 1. The summed E-state index contributed by atoms with van der Waals surface area (Å²) in [5.74, 6) is -2.45. The van der Waals surface area contributed by atoms with Crippen LogP contribution in [0.5, 0.6) is 0 Å². The first kappa shape index (κ1) is 18.9. The molecule has 4 heteroatoms. The molecule has 0 radical (unpaired) electrons. The first-order valence-electron chi connectivity index (χ1n) is 8.08. The number of hydrogen-bond donors (Lipinski definition) is 0. The molecule has 0 saturated heterocycles. The zero-order valence-electron chi connectivity index (χ0n) is 13.3. The first-order chi connectivity index (χ1) is 9.58. The van der Waals surface area contributed by atoms with Gasteiger partial charge in [0, 0.05) is 13.1 Å². The minimum atomic E-state index is -1.23. The summed E-state index contributed by atoms with van der Waals surface area (Å²) in [6.45, 7) is 7.46. The number of unbranched alkanes of at least 4 members (excludes halogenated alkanes) is 4. The molecule has 118 valence electrons. The average Bonchev–Trinajstić information content (AvgIpc) is 2.42. The third-order valence-corrected chi connectivity index (χ3v) is 3.53. The molecule has 0 aromatic heterocycles. The van der Waals surface area contributed by atoms with E-state index in [4.69, 9.17) is 0 Å². The van der Waals surface area contributed by atoms with Crippen molar-refractivity contribution in [2.24, 2.45) is 5.92 Å². The van der Waals surface area contributed by atoms with Crippen LogP contribution in [0.1, 0.15) is 72.1 Å². The van der Waals surface area contributed by atoms with Crippen molar-refractivity contribution in [3.05, 3.63) is 0 Å². The van der Waals surface area contributed by atoms with Crippen molar-refractivity contribution in [1.29, 1.82) is 0 Å². The van der Waals surface area contributed by atoms with Gasteiger partial charge in [-0.3, -0.25) is 4.79 Å². The number of hydrogen-bond acceptors (Lipinski definition) is 3. The zero-order valence-corrected chi connectivity index (χ0v) is 13.3. The quantitative estimate of drug-likeness (QED) is 0.408. The molecule has 0 aliphatic rings. The third-order valence-electron chi connectivity index (χ3n) is 3.53. The van der Waals surface area contributed by atoms with Crippen LogP contribution >= 0.6 is 0 Å². The first-order valence-corrected chi connectivity index (χ1v) is 8.08. The molecule has 1 unspecified atom stereocenters. The van der Waals surface area contributed by atoms with Crippen LogP contribution in [-0.2, 0) is 9.59 Å². The van der Waals surface area contributed by atoms with Crippen LogP contribution in [0.15, 0.2) is 0 Å². The van der Waals surface area contributed by atoms with Crippen molar-refractivity contribution < 1.29 is 14.7 Å². The Balaban J connectivity index is 4.59. The van der Waals surface area contributed by atoms with Crippen LogP contribution in [0.3, 0.4) is 0 Å². The van der Waals surface area contributed by atoms with E-state index in [1.165, 1.54) is 0 Å². The van der Waals surface area contributed by atoms with Gasteiger partial charge in [0.25, 0.3) is 0 Å². The molecule has 20 heavy (non-hydrogen) atoms. The molecular formula is C16H30NO3-. The van der Waals surface area contributed by atoms with Crippen LogP contribution in [0, 0.1) is 5.92 Å². The standard InChI is InChI=1S/C16H31NO3/c1-4-7-9-12-17(13-10-8-5-2)15(18)14(11-6-3)16(19)20/h14H,4-13H2,1-3H3,(H,19,20)/p-1. The highest BCUT2D eigenvalue weighted by atomic mass is 16.4. The van der Waals surface area contributed by atoms with Gasteiger partial charge in [0.2, 0.25) is 5.91 Å². The molecule has 0 aliphatic heterocycles. The summed E-state index contributed by atoms with van der Waals surface area (Å²) in [5, 5.41) is 11.1. The lowest BCUT2D eigenvalue weighted by molar-refractivity contribution is -0.310. The van der Waals surface area contributed by atoms with Crippen LogP contribution in [0.2, 0.25) is 0 Å². The Morgan fingerprint density at radius 2 is 1.40 bits per heavy atom. The molecule has 0 fully saturated rings. The van der Waals surface area contributed by atoms with Gasteiger partial charge in [0.05, 0.1) is 11.9 Å². The predicted octanol–water partition coefficient (Wildman–Crippen LogP) is 2.36. The molecular weight excluding hydrogens is 254 g/mol. The van der Waals surface area contributed by atoms with E-state index in [2.05, 4.69) is 13.8 Å². The lowest BCUT2D eigenvalue weighted by atomic mass is 10.0. The van der Waals surface area contributed by atoms with E-state index in [-0.39, 0.29) is 5.91 Å². The second-order valence-corrected chi connectivity index (χ2v) is 5.40. The van der Waals surface area contributed by atoms with Crippen LogP contribution in [0.4, 0.5) is 0 Å². The van der Waals surface area contributed by atoms with E-state index < -0.39 is 11.9 Å². The Morgan fingerprint density at radius 3 is 1.75 bits per heavy atom. The molecule has 1 amide bonds. The average molecular weight is 284 g/mol. The lowest BCUT2D eigenvalue weighted by Gasteiger charge is -2.28. The fourth-order valence-corrected chi connectivity index (χ4v) is 2.29. The minimum absolute atomic E-state index is 0.251. The number of carbonyl (C=O) groups is 2. The summed E-state index contributed by atoms with van der Waals surface area (Å²) in [5.41, 5.74) is 0. The summed E-state index contributed by atoms with van der Waals surface area (Å²) in [6, 6.07) is 0. The second-order valence-electron chi connectivity index (χ2n) is 5.40. The Hall–Kier alpha value is -1.06. The number of carboxylic acid groups (broad SMARTS) is 1. The van der Waals surface area contributed by atoms with Gasteiger partial charge < -0.3 is 14.8 Å². The van der Waals surface area contributed by atoms with Gasteiger partial charge in [0.1, 0.15) is 0 Å². The molecule has 0 heterocycles. The van der Waals surface area contributed by atoms with Gasteiger partial charge in [-0.15, -0.1) is 0 Å². The number of amides is 1. The monoisotopic (exact) mass is 284 g/mol. The van der Waals surface area contributed by atoms with E-state index in [0.29, 0.717) is 25.9 Å². The summed E-state index contributed by atoms with van der Waals surface area (Å²) >= 11 is 0. The molecule has 0 N–H and O–H groups in total. The molecule has 0 aromatic rings. The SMILES string of the molecule is CCCCCN(CCCCC)C(=O)C(CCC)C(=O)[O-]. The Bertz CT molecular complexity index is 269. The van der Waals surface area contributed by atoms with Gasteiger partial charge in [-0.05, 0) is 19.3 Å². The highest BCUT2D eigenvalue weighted by Gasteiger charge is 2.24. The highest BCUT2D eigenvalue weighted by Crippen LogP contribution is 2.13.